The molecule has 1 aliphatic heterocycles. The highest BCUT2D eigenvalue weighted by Gasteiger charge is 2.33. The van der Waals surface area contributed by atoms with Crippen molar-refractivity contribution in [2.24, 2.45) is 5.73 Å². The Balaban J connectivity index is 2.01. The second-order valence-corrected chi connectivity index (χ2v) is 6.78. The number of nitrogens with two attached hydrogens (primary N) is 1. The summed E-state index contributed by atoms with van der Waals surface area (Å²) in [5.41, 5.74) is 7.57. The number of thioether (sulfide) groups is 1. The molecule has 1 aromatic carbocycles. The highest BCUT2D eigenvalue weighted by atomic mass is 32.2. The third-order valence-corrected chi connectivity index (χ3v) is 5.05. The van der Waals surface area contributed by atoms with Crippen LogP contribution in [0.25, 0.3) is 0 Å². The Bertz CT molecular complexity index is 533. The quantitative estimate of drug-likeness (QED) is 0.785. The zero-order valence-electron chi connectivity index (χ0n) is 13.1. The summed E-state index contributed by atoms with van der Waals surface area (Å²) >= 11 is 1.80. The Morgan fingerprint density at radius 3 is 2.82 bits per heavy atom. The van der Waals surface area contributed by atoms with Crippen molar-refractivity contribution in [3.63, 3.8) is 0 Å². The van der Waals surface area contributed by atoms with E-state index in [0.29, 0.717) is 13.0 Å². The first-order valence-corrected chi connectivity index (χ1v) is 9.05. The molecule has 0 bridgehead atoms. The summed E-state index contributed by atoms with van der Waals surface area (Å²) in [5, 5.41) is 0. The standard InChI is InChI=1S/C17H24N2O2S/c1-2-3-11-22-12-9-15(20)19-10-8-13-6-4-5-7-14(13)16(19)17(18)21/h4-7,16H,2-3,8-12H2,1H3,(H2,18,21). The van der Waals surface area contributed by atoms with Crippen molar-refractivity contribution in [1.29, 1.82) is 0 Å². The number of amides is 2. The van der Waals surface area contributed by atoms with Gasteiger partial charge < -0.3 is 10.6 Å². The number of hydrogen-bond donors (Lipinski definition) is 1. The lowest BCUT2D eigenvalue weighted by Crippen LogP contribution is -2.45. The van der Waals surface area contributed by atoms with E-state index >= 15 is 0 Å². The molecule has 22 heavy (non-hydrogen) atoms. The lowest BCUT2D eigenvalue weighted by molar-refractivity contribution is -0.139. The number of carbonyl (C=O) groups excluding carboxylic acids is 2. The molecule has 1 aliphatic rings. The molecule has 2 amide bonds. The maximum atomic E-state index is 12.5. The van der Waals surface area contributed by atoms with Crippen LogP contribution in [-0.2, 0) is 16.0 Å². The van der Waals surface area contributed by atoms with Gasteiger partial charge >= 0.3 is 0 Å². The number of unbranched alkanes of at least 4 members (excludes halogenated alkanes) is 1. The molecule has 0 radical (unpaired) electrons. The Morgan fingerprint density at radius 1 is 1.32 bits per heavy atom. The number of benzene rings is 1. The van der Waals surface area contributed by atoms with Crippen molar-refractivity contribution in [1.82, 2.24) is 4.90 Å². The highest BCUT2D eigenvalue weighted by Crippen LogP contribution is 2.30. The fourth-order valence-electron chi connectivity index (χ4n) is 2.79. The van der Waals surface area contributed by atoms with Crippen molar-refractivity contribution < 1.29 is 9.59 Å². The lowest BCUT2D eigenvalue weighted by atomic mass is 9.92. The molecule has 0 fully saturated rings. The molecule has 0 saturated carbocycles. The van der Waals surface area contributed by atoms with Crippen LogP contribution in [-0.4, -0.2) is 34.8 Å². The van der Waals surface area contributed by atoms with E-state index in [1.807, 2.05) is 24.3 Å². The van der Waals surface area contributed by atoms with E-state index in [9.17, 15) is 9.59 Å². The third-order valence-electron chi connectivity index (χ3n) is 3.98. The molecule has 2 rings (SSSR count). The first-order valence-electron chi connectivity index (χ1n) is 7.89. The summed E-state index contributed by atoms with van der Waals surface area (Å²) < 4.78 is 0. The average Bonchev–Trinajstić information content (AvgIpc) is 2.53. The van der Waals surface area contributed by atoms with Gasteiger partial charge in [-0.1, -0.05) is 37.6 Å². The number of carbonyl (C=O) groups is 2. The fourth-order valence-corrected chi connectivity index (χ4v) is 3.81. The van der Waals surface area contributed by atoms with E-state index in [0.717, 1.165) is 29.1 Å². The molecule has 4 nitrogen and oxygen atoms in total. The molecule has 1 unspecified atom stereocenters. The van der Waals surface area contributed by atoms with Crippen LogP contribution in [0, 0.1) is 0 Å². The van der Waals surface area contributed by atoms with Crippen LogP contribution >= 0.6 is 11.8 Å². The fraction of sp³-hybridized carbons (Fsp3) is 0.529. The van der Waals surface area contributed by atoms with Gasteiger partial charge in [0.1, 0.15) is 6.04 Å². The van der Waals surface area contributed by atoms with Crippen molar-refractivity contribution in [2.75, 3.05) is 18.1 Å². The van der Waals surface area contributed by atoms with E-state index < -0.39 is 11.9 Å². The number of primary amides is 1. The van der Waals surface area contributed by atoms with Gasteiger partial charge in [0, 0.05) is 18.7 Å². The summed E-state index contributed by atoms with van der Waals surface area (Å²) in [5.74, 6) is 1.48. The van der Waals surface area contributed by atoms with E-state index in [-0.39, 0.29) is 5.91 Å². The Morgan fingerprint density at radius 2 is 2.09 bits per heavy atom. The topological polar surface area (TPSA) is 63.4 Å². The molecular weight excluding hydrogens is 296 g/mol. The van der Waals surface area contributed by atoms with Gasteiger partial charge in [0.05, 0.1) is 0 Å². The summed E-state index contributed by atoms with van der Waals surface area (Å²) in [7, 11) is 0. The van der Waals surface area contributed by atoms with E-state index in [1.165, 1.54) is 12.8 Å². The van der Waals surface area contributed by atoms with Gasteiger partial charge in [-0.2, -0.15) is 11.8 Å². The van der Waals surface area contributed by atoms with Crippen LogP contribution in [0.1, 0.15) is 43.4 Å². The van der Waals surface area contributed by atoms with E-state index in [4.69, 9.17) is 5.73 Å². The molecule has 0 spiro atoms. The summed E-state index contributed by atoms with van der Waals surface area (Å²) in [4.78, 5) is 26.0. The second kappa shape index (κ2) is 8.22. The molecule has 1 aromatic rings. The SMILES string of the molecule is CCCCSCCC(=O)N1CCc2ccccc2C1C(N)=O. The predicted octanol–water partition coefficient (Wildman–Crippen LogP) is 2.52. The summed E-state index contributed by atoms with van der Waals surface area (Å²) in [6, 6.07) is 7.15. The Hall–Kier alpha value is -1.49. The first-order chi connectivity index (χ1) is 10.6. The summed E-state index contributed by atoms with van der Waals surface area (Å²) in [6.45, 7) is 2.73. The van der Waals surface area contributed by atoms with Crippen LogP contribution in [0.2, 0.25) is 0 Å². The van der Waals surface area contributed by atoms with Crippen LogP contribution in [0.5, 0.6) is 0 Å². The lowest BCUT2D eigenvalue weighted by Gasteiger charge is -2.35. The van der Waals surface area contributed by atoms with Gasteiger partial charge in [-0.05, 0) is 29.7 Å². The number of fused-ring (bicyclic) bond motifs is 1. The van der Waals surface area contributed by atoms with Crippen molar-refractivity contribution in [3.8, 4) is 0 Å². The van der Waals surface area contributed by atoms with Crippen molar-refractivity contribution in [3.05, 3.63) is 35.4 Å². The Labute approximate surface area is 136 Å². The van der Waals surface area contributed by atoms with Gasteiger partial charge in [-0.15, -0.1) is 0 Å². The van der Waals surface area contributed by atoms with Gasteiger partial charge in [0.25, 0.3) is 0 Å². The largest absolute Gasteiger partial charge is 0.368 e. The molecule has 2 N–H and O–H groups in total. The minimum absolute atomic E-state index is 0.0299. The number of rotatable bonds is 7. The molecule has 0 aliphatic carbocycles. The molecule has 5 heteroatoms. The zero-order chi connectivity index (χ0) is 15.9. The van der Waals surface area contributed by atoms with Crippen molar-refractivity contribution in [2.45, 2.75) is 38.6 Å². The van der Waals surface area contributed by atoms with Crippen LogP contribution in [0.4, 0.5) is 0 Å². The average molecular weight is 320 g/mol. The minimum atomic E-state index is -0.613. The maximum Gasteiger partial charge on any atom is 0.244 e. The number of nitrogens with zero attached hydrogens (tertiary/aromatic N) is 1. The van der Waals surface area contributed by atoms with Crippen LogP contribution in [0.3, 0.4) is 0 Å². The smallest absolute Gasteiger partial charge is 0.244 e. The minimum Gasteiger partial charge on any atom is -0.368 e. The molecular formula is C17H24N2O2S. The van der Waals surface area contributed by atoms with Crippen LogP contribution in [0.15, 0.2) is 24.3 Å². The Kier molecular flexibility index (Phi) is 6.31. The molecule has 1 atom stereocenters. The highest BCUT2D eigenvalue weighted by molar-refractivity contribution is 7.99. The van der Waals surface area contributed by atoms with E-state index in [2.05, 4.69) is 6.92 Å². The van der Waals surface area contributed by atoms with E-state index in [1.54, 1.807) is 16.7 Å². The molecule has 0 aromatic heterocycles. The molecule has 1 heterocycles. The van der Waals surface area contributed by atoms with Gasteiger partial charge in [0.15, 0.2) is 0 Å². The second-order valence-electron chi connectivity index (χ2n) is 5.56. The molecule has 120 valence electrons. The normalized spacial score (nSPS) is 17.1. The van der Waals surface area contributed by atoms with Gasteiger partial charge in [0.2, 0.25) is 11.8 Å². The van der Waals surface area contributed by atoms with Crippen molar-refractivity contribution >= 4 is 23.6 Å². The first kappa shape index (κ1) is 16.9. The summed E-state index contributed by atoms with van der Waals surface area (Å²) in [6.07, 6.45) is 3.61. The van der Waals surface area contributed by atoms with Crippen LogP contribution < -0.4 is 5.73 Å². The van der Waals surface area contributed by atoms with Gasteiger partial charge in [-0.3, -0.25) is 9.59 Å². The predicted molar refractivity (Wildman–Crippen MR) is 90.6 cm³/mol. The number of hydrogen-bond acceptors (Lipinski definition) is 3. The monoisotopic (exact) mass is 320 g/mol. The molecule has 0 saturated heterocycles. The third kappa shape index (κ3) is 4.03. The zero-order valence-corrected chi connectivity index (χ0v) is 13.9. The maximum absolute atomic E-state index is 12.5. The van der Waals surface area contributed by atoms with Gasteiger partial charge in [-0.25, -0.2) is 0 Å².